The standard InChI is InChI=1S/C20H27FN6OS/c1-2-25-8-10-26(11-9-25)17-6-7-27(14-17)20(28)22-19-24-23-18(29-19)13-15-4-3-5-16(21)12-15/h3-5,12,17H,2,6-11,13-14H2,1H3,(H,22,24,28)/t17-/m0/s1. The summed E-state index contributed by atoms with van der Waals surface area (Å²) in [5.41, 5.74) is 0.838. The van der Waals surface area contributed by atoms with Crippen molar-refractivity contribution < 1.29 is 9.18 Å². The molecule has 0 radical (unpaired) electrons. The summed E-state index contributed by atoms with van der Waals surface area (Å²) in [5, 5.41) is 12.3. The number of amides is 2. The van der Waals surface area contributed by atoms with Crippen LogP contribution < -0.4 is 5.32 Å². The number of carbonyl (C=O) groups excluding carboxylic acids is 1. The molecular formula is C20H27FN6OS. The van der Waals surface area contributed by atoms with Crippen molar-refractivity contribution in [1.82, 2.24) is 24.9 Å². The highest BCUT2D eigenvalue weighted by Crippen LogP contribution is 2.22. The second-order valence-electron chi connectivity index (χ2n) is 7.60. The molecule has 0 unspecified atom stereocenters. The molecule has 2 aliphatic rings. The van der Waals surface area contributed by atoms with Gasteiger partial charge >= 0.3 is 6.03 Å². The van der Waals surface area contributed by atoms with Crippen molar-refractivity contribution in [3.05, 3.63) is 40.7 Å². The fourth-order valence-corrected chi connectivity index (χ4v) is 4.80. The van der Waals surface area contributed by atoms with Gasteiger partial charge in [-0.25, -0.2) is 9.18 Å². The Kier molecular flexibility index (Phi) is 6.37. The summed E-state index contributed by atoms with van der Waals surface area (Å²) < 4.78 is 13.3. The number of anilines is 1. The van der Waals surface area contributed by atoms with Gasteiger partial charge in [0.2, 0.25) is 5.13 Å². The number of likely N-dealkylation sites (tertiary alicyclic amines) is 1. The maximum Gasteiger partial charge on any atom is 0.323 e. The Labute approximate surface area is 174 Å². The summed E-state index contributed by atoms with van der Waals surface area (Å²) in [5.74, 6) is -0.264. The van der Waals surface area contributed by atoms with Gasteiger partial charge in [-0.3, -0.25) is 10.2 Å². The van der Waals surface area contributed by atoms with Gasteiger partial charge in [-0.05, 0) is 30.7 Å². The molecule has 0 spiro atoms. The van der Waals surface area contributed by atoms with Gasteiger partial charge in [0.05, 0.1) is 0 Å². The van der Waals surface area contributed by atoms with Gasteiger partial charge in [0.1, 0.15) is 10.8 Å². The predicted octanol–water partition coefficient (Wildman–Crippen LogP) is 2.51. The van der Waals surface area contributed by atoms with Crippen molar-refractivity contribution in [3.63, 3.8) is 0 Å². The van der Waals surface area contributed by atoms with Gasteiger partial charge in [-0.2, -0.15) is 0 Å². The van der Waals surface area contributed by atoms with E-state index < -0.39 is 0 Å². The number of benzene rings is 1. The Hall–Kier alpha value is -2.10. The number of rotatable bonds is 5. The van der Waals surface area contributed by atoms with E-state index in [0.29, 0.717) is 17.6 Å². The van der Waals surface area contributed by atoms with Gasteiger partial charge in [0.15, 0.2) is 0 Å². The first-order chi connectivity index (χ1) is 14.1. The van der Waals surface area contributed by atoms with E-state index in [2.05, 4.69) is 32.2 Å². The summed E-state index contributed by atoms with van der Waals surface area (Å²) in [6.45, 7) is 9.20. The van der Waals surface area contributed by atoms with Crippen molar-refractivity contribution >= 4 is 22.5 Å². The van der Waals surface area contributed by atoms with Crippen molar-refractivity contribution in [1.29, 1.82) is 0 Å². The monoisotopic (exact) mass is 418 g/mol. The van der Waals surface area contributed by atoms with Crippen LogP contribution in [0.1, 0.15) is 23.9 Å². The fourth-order valence-electron chi connectivity index (χ4n) is 4.04. The van der Waals surface area contributed by atoms with Crippen molar-refractivity contribution in [2.45, 2.75) is 25.8 Å². The molecule has 2 aliphatic heterocycles. The highest BCUT2D eigenvalue weighted by molar-refractivity contribution is 7.15. The minimum absolute atomic E-state index is 0.117. The van der Waals surface area contributed by atoms with E-state index in [1.807, 2.05) is 11.0 Å². The molecule has 4 rings (SSSR count). The minimum Gasteiger partial charge on any atom is -0.323 e. The maximum absolute atomic E-state index is 13.3. The average molecular weight is 419 g/mol. The van der Waals surface area contributed by atoms with Crippen LogP contribution in [0.3, 0.4) is 0 Å². The number of urea groups is 1. The predicted molar refractivity (Wildman–Crippen MR) is 112 cm³/mol. The second-order valence-corrected chi connectivity index (χ2v) is 8.66. The normalized spacial score (nSPS) is 20.9. The summed E-state index contributed by atoms with van der Waals surface area (Å²) >= 11 is 1.33. The number of hydrogen-bond acceptors (Lipinski definition) is 6. The van der Waals surface area contributed by atoms with Gasteiger partial charge in [0, 0.05) is 51.7 Å². The molecule has 2 fully saturated rings. The molecule has 7 nitrogen and oxygen atoms in total. The van der Waals surface area contributed by atoms with Gasteiger partial charge in [-0.1, -0.05) is 30.4 Å². The largest absolute Gasteiger partial charge is 0.323 e. The van der Waals surface area contributed by atoms with Crippen LogP contribution in [0.25, 0.3) is 0 Å². The number of piperazine rings is 1. The number of carbonyl (C=O) groups is 1. The van der Waals surface area contributed by atoms with Gasteiger partial charge in [-0.15, -0.1) is 10.2 Å². The quantitative estimate of drug-likeness (QED) is 0.808. The first-order valence-electron chi connectivity index (χ1n) is 10.2. The van der Waals surface area contributed by atoms with E-state index in [0.717, 1.165) is 62.8 Å². The molecule has 1 aromatic heterocycles. The van der Waals surface area contributed by atoms with E-state index in [1.165, 1.54) is 23.5 Å². The van der Waals surface area contributed by atoms with Crippen LogP contribution >= 0.6 is 11.3 Å². The maximum atomic E-state index is 13.3. The molecule has 0 bridgehead atoms. The van der Waals surface area contributed by atoms with Crippen molar-refractivity contribution in [2.24, 2.45) is 0 Å². The minimum atomic E-state index is -0.264. The van der Waals surface area contributed by atoms with Crippen LogP contribution in [-0.4, -0.2) is 82.8 Å². The van der Waals surface area contributed by atoms with Crippen LogP contribution in [0.4, 0.5) is 14.3 Å². The Morgan fingerprint density at radius 3 is 2.83 bits per heavy atom. The first kappa shape index (κ1) is 20.2. The van der Waals surface area contributed by atoms with E-state index in [-0.39, 0.29) is 11.8 Å². The van der Waals surface area contributed by atoms with E-state index in [9.17, 15) is 9.18 Å². The zero-order chi connectivity index (χ0) is 20.2. The molecule has 156 valence electrons. The Balaban J connectivity index is 1.27. The van der Waals surface area contributed by atoms with Crippen LogP contribution in [0.15, 0.2) is 24.3 Å². The Bertz CT molecular complexity index is 838. The number of nitrogens with one attached hydrogen (secondary N) is 1. The molecule has 1 aromatic carbocycles. The Morgan fingerprint density at radius 1 is 1.24 bits per heavy atom. The lowest BCUT2D eigenvalue weighted by atomic mass is 10.1. The van der Waals surface area contributed by atoms with Crippen LogP contribution in [-0.2, 0) is 6.42 Å². The fraction of sp³-hybridized carbons (Fsp3) is 0.550. The molecule has 1 atom stereocenters. The third-order valence-electron chi connectivity index (χ3n) is 5.75. The van der Waals surface area contributed by atoms with Crippen molar-refractivity contribution in [2.75, 3.05) is 51.1 Å². The topological polar surface area (TPSA) is 64.6 Å². The summed E-state index contributed by atoms with van der Waals surface area (Å²) in [6, 6.07) is 6.77. The first-order valence-corrected chi connectivity index (χ1v) is 11.0. The third-order valence-corrected chi connectivity index (χ3v) is 6.58. The summed E-state index contributed by atoms with van der Waals surface area (Å²) in [4.78, 5) is 19.5. The van der Waals surface area contributed by atoms with Crippen LogP contribution in [0.2, 0.25) is 0 Å². The molecule has 29 heavy (non-hydrogen) atoms. The Morgan fingerprint density at radius 2 is 2.07 bits per heavy atom. The number of nitrogens with zero attached hydrogens (tertiary/aromatic N) is 5. The smallest absolute Gasteiger partial charge is 0.323 e. The van der Waals surface area contributed by atoms with Crippen molar-refractivity contribution in [3.8, 4) is 0 Å². The molecule has 0 aliphatic carbocycles. The zero-order valence-electron chi connectivity index (χ0n) is 16.7. The van der Waals surface area contributed by atoms with E-state index in [1.54, 1.807) is 6.07 Å². The molecule has 3 heterocycles. The second kappa shape index (κ2) is 9.15. The molecule has 2 amide bonds. The summed E-state index contributed by atoms with van der Waals surface area (Å²) in [6.07, 6.45) is 1.52. The molecular weight excluding hydrogens is 391 g/mol. The van der Waals surface area contributed by atoms with Crippen LogP contribution in [0, 0.1) is 5.82 Å². The molecule has 2 saturated heterocycles. The van der Waals surface area contributed by atoms with Crippen LogP contribution in [0.5, 0.6) is 0 Å². The number of aromatic nitrogens is 2. The highest BCUT2D eigenvalue weighted by Gasteiger charge is 2.32. The van der Waals surface area contributed by atoms with Gasteiger partial charge < -0.3 is 9.80 Å². The van der Waals surface area contributed by atoms with E-state index >= 15 is 0 Å². The highest BCUT2D eigenvalue weighted by atomic mass is 32.1. The lowest BCUT2D eigenvalue weighted by Gasteiger charge is -2.37. The molecule has 2 aromatic rings. The molecule has 9 heteroatoms. The third kappa shape index (κ3) is 5.09. The lowest BCUT2D eigenvalue weighted by molar-refractivity contribution is 0.103. The average Bonchev–Trinajstić information content (AvgIpc) is 3.38. The summed E-state index contributed by atoms with van der Waals surface area (Å²) in [7, 11) is 0. The number of halogens is 1. The molecule has 0 saturated carbocycles. The van der Waals surface area contributed by atoms with Gasteiger partial charge in [0.25, 0.3) is 0 Å². The lowest BCUT2D eigenvalue weighted by Crippen LogP contribution is -2.51. The van der Waals surface area contributed by atoms with E-state index in [4.69, 9.17) is 0 Å². The zero-order valence-corrected chi connectivity index (χ0v) is 17.5. The number of hydrogen-bond donors (Lipinski definition) is 1. The SMILES string of the molecule is CCN1CCN([C@H]2CCN(C(=O)Nc3nnc(Cc4cccc(F)c4)s3)C2)CC1. The molecule has 1 N–H and O–H groups in total. The number of likely N-dealkylation sites (N-methyl/N-ethyl adjacent to an activating group) is 1.